The van der Waals surface area contributed by atoms with E-state index in [1.807, 2.05) is 6.92 Å². The molecular formula is C18H17FN6O2. The molecule has 3 heterocycles. The first kappa shape index (κ1) is 17.1. The van der Waals surface area contributed by atoms with Crippen LogP contribution in [0.15, 0.2) is 24.3 Å². The van der Waals surface area contributed by atoms with E-state index >= 15 is 0 Å². The predicted molar refractivity (Wildman–Crippen MR) is 95.5 cm³/mol. The van der Waals surface area contributed by atoms with Gasteiger partial charge in [0.15, 0.2) is 16.8 Å². The van der Waals surface area contributed by atoms with Crippen LogP contribution >= 0.6 is 0 Å². The lowest BCUT2D eigenvalue weighted by Gasteiger charge is -2.01. The zero-order chi connectivity index (χ0) is 19.1. The van der Waals surface area contributed by atoms with Gasteiger partial charge in [0.05, 0.1) is 24.8 Å². The topological polar surface area (TPSA) is 87.2 Å². The maximum atomic E-state index is 13.3. The van der Waals surface area contributed by atoms with Crippen molar-refractivity contribution in [1.82, 2.24) is 29.6 Å². The zero-order valence-electron chi connectivity index (χ0n) is 15.1. The fraction of sp³-hybridized carbons (Fsp3) is 0.278. The highest BCUT2D eigenvalue weighted by atomic mass is 19.1. The van der Waals surface area contributed by atoms with Crippen molar-refractivity contribution < 1.29 is 13.9 Å². The van der Waals surface area contributed by atoms with Gasteiger partial charge in [-0.05, 0) is 24.1 Å². The monoisotopic (exact) mass is 368 g/mol. The summed E-state index contributed by atoms with van der Waals surface area (Å²) in [6.07, 6.45) is 0.672. The molecule has 1 aromatic carbocycles. The van der Waals surface area contributed by atoms with E-state index in [4.69, 9.17) is 4.74 Å². The molecule has 8 nitrogen and oxygen atoms in total. The van der Waals surface area contributed by atoms with Gasteiger partial charge >= 0.3 is 5.97 Å². The molecule has 0 amide bonds. The minimum atomic E-state index is -0.404. The SMILES string of the molecule is CCc1nn2c(nnc3c(CC(=O)OC)nn(C)c32)c1-c1ccc(F)cc1. The summed E-state index contributed by atoms with van der Waals surface area (Å²) in [5.74, 6) is -0.709. The Morgan fingerprint density at radius 3 is 2.56 bits per heavy atom. The average Bonchev–Trinajstić information content (AvgIpc) is 3.19. The first-order chi connectivity index (χ1) is 13.0. The van der Waals surface area contributed by atoms with Gasteiger partial charge < -0.3 is 4.74 Å². The van der Waals surface area contributed by atoms with Crippen molar-refractivity contribution in [1.29, 1.82) is 0 Å². The lowest BCUT2D eigenvalue weighted by molar-refractivity contribution is -0.139. The van der Waals surface area contributed by atoms with Gasteiger partial charge in [-0.1, -0.05) is 19.1 Å². The number of ether oxygens (including phenoxy) is 1. The Morgan fingerprint density at radius 1 is 1.15 bits per heavy atom. The third-order valence-electron chi connectivity index (χ3n) is 4.45. The van der Waals surface area contributed by atoms with E-state index in [1.165, 1.54) is 19.2 Å². The number of benzene rings is 1. The lowest BCUT2D eigenvalue weighted by Crippen LogP contribution is -2.06. The maximum absolute atomic E-state index is 13.3. The first-order valence-electron chi connectivity index (χ1n) is 8.46. The molecule has 9 heteroatoms. The van der Waals surface area contributed by atoms with E-state index in [-0.39, 0.29) is 12.2 Å². The molecule has 27 heavy (non-hydrogen) atoms. The van der Waals surface area contributed by atoms with E-state index < -0.39 is 5.97 Å². The van der Waals surface area contributed by atoms with Crippen molar-refractivity contribution in [2.45, 2.75) is 19.8 Å². The molecule has 0 atom stereocenters. The molecule has 3 aromatic heterocycles. The third-order valence-corrected chi connectivity index (χ3v) is 4.45. The largest absolute Gasteiger partial charge is 0.469 e. The Morgan fingerprint density at radius 2 is 1.89 bits per heavy atom. The summed E-state index contributed by atoms with van der Waals surface area (Å²) < 4.78 is 21.3. The Labute approximate surface area is 153 Å². The minimum absolute atomic E-state index is 0.000743. The van der Waals surface area contributed by atoms with Crippen LogP contribution in [0.4, 0.5) is 4.39 Å². The van der Waals surface area contributed by atoms with Crippen LogP contribution in [0.2, 0.25) is 0 Å². The van der Waals surface area contributed by atoms with E-state index in [9.17, 15) is 9.18 Å². The van der Waals surface area contributed by atoms with Crippen molar-refractivity contribution in [2.24, 2.45) is 7.05 Å². The molecule has 0 aliphatic rings. The molecular weight excluding hydrogens is 351 g/mol. The Bertz CT molecular complexity index is 1160. The number of esters is 1. The number of rotatable bonds is 4. The summed E-state index contributed by atoms with van der Waals surface area (Å²) in [5.41, 5.74) is 4.59. The second-order valence-electron chi connectivity index (χ2n) is 6.11. The number of hydrogen-bond acceptors (Lipinski definition) is 6. The van der Waals surface area contributed by atoms with Gasteiger partial charge in [0.25, 0.3) is 0 Å². The number of nitrogens with zero attached hydrogens (tertiary/aromatic N) is 6. The molecule has 4 aromatic rings. The van der Waals surface area contributed by atoms with Crippen LogP contribution in [0.25, 0.3) is 27.9 Å². The third kappa shape index (κ3) is 2.71. The second kappa shape index (κ2) is 6.42. The van der Waals surface area contributed by atoms with E-state index in [1.54, 1.807) is 28.4 Å². The van der Waals surface area contributed by atoms with Gasteiger partial charge in [0.2, 0.25) is 0 Å². The molecule has 0 spiro atoms. The van der Waals surface area contributed by atoms with E-state index in [2.05, 4.69) is 20.4 Å². The predicted octanol–water partition coefficient (Wildman–Crippen LogP) is 2.09. The minimum Gasteiger partial charge on any atom is -0.469 e. The number of carbonyl (C=O) groups excluding carboxylic acids is 1. The van der Waals surface area contributed by atoms with Crippen LogP contribution in [0.5, 0.6) is 0 Å². The Hall–Kier alpha value is -3.36. The van der Waals surface area contributed by atoms with Crippen LogP contribution in [-0.2, 0) is 29.4 Å². The summed E-state index contributed by atoms with van der Waals surface area (Å²) in [5, 5.41) is 17.7. The molecule has 0 radical (unpaired) electrons. The number of methoxy groups -OCH3 is 1. The highest BCUT2D eigenvalue weighted by Gasteiger charge is 2.22. The molecule has 0 saturated heterocycles. The first-order valence-corrected chi connectivity index (χ1v) is 8.46. The van der Waals surface area contributed by atoms with Gasteiger partial charge in [0, 0.05) is 7.05 Å². The number of aromatic nitrogens is 6. The number of halogens is 1. The number of carbonyl (C=O) groups is 1. The van der Waals surface area contributed by atoms with Crippen molar-refractivity contribution >= 4 is 22.8 Å². The normalized spacial score (nSPS) is 11.4. The smallest absolute Gasteiger partial charge is 0.311 e. The van der Waals surface area contributed by atoms with Crippen LogP contribution in [0.1, 0.15) is 18.3 Å². The summed E-state index contributed by atoms with van der Waals surface area (Å²) in [6, 6.07) is 6.21. The summed E-state index contributed by atoms with van der Waals surface area (Å²) in [4.78, 5) is 11.6. The van der Waals surface area contributed by atoms with Crippen LogP contribution < -0.4 is 0 Å². The average molecular weight is 368 g/mol. The molecule has 0 N–H and O–H groups in total. The number of aryl methyl sites for hydroxylation is 2. The molecule has 0 aliphatic carbocycles. The fourth-order valence-corrected chi connectivity index (χ4v) is 3.18. The lowest BCUT2D eigenvalue weighted by atomic mass is 10.0. The summed E-state index contributed by atoms with van der Waals surface area (Å²) >= 11 is 0. The van der Waals surface area contributed by atoms with Crippen molar-refractivity contribution in [2.75, 3.05) is 7.11 Å². The van der Waals surface area contributed by atoms with Gasteiger partial charge in [-0.25, -0.2) is 9.07 Å². The molecule has 138 valence electrons. The van der Waals surface area contributed by atoms with Crippen LogP contribution in [0, 0.1) is 5.82 Å². The number of hydrogen-bond donors (Lipinski definition) is 0. The van der Waals surface area contributed by atoms with Crippen molar-refractivity contribution in [3.05, 3.63) is 41.5 Å². The van der Waals surface area contributed by atoms with E-state index in [0.717, 1.165) is 16.8 Å². The van der Waals surface area contributed by atoms with Crippen molar-refractivity contribution in [3.63, 3.8) is 0 Å². The fourth-order valence-electron chi connectivity index (χ4n) is 3.18. The van der Waals surface area contributed by atoms with Gasteiger partial charge in [0.1, 0.15) is 11.5 Å². The highest BCUT2D eigenvalue weighted by molar-refractivity contribution is 5.86. The highest BCUT2D eigenvalue weighted by Crippen LogP contribution is 2.30. The molecule has 0 saturated carbocycles. The number of fused-ring (bicyclic) bond motifs is 3. The van der Waals surface area contributed by atoms with Crippen LogP contribution in [-0.4, -0.2) is 42.7 Å². The van der Waals surface area contributed by atoms with Gasteiger partial charge in [-0.2, -0.15) is 14.7 Å². The zero-order valence-corrected chi connectivity index (χ0v) is 15.1. The summed E-state index contributed by atoms with van der Waals surface area (Å²) in [6.45, 7) is 1.99. The summed E-state index contributed by atoms with van der Waals surface area (Å²) in [7, 11) is 3.09. The molecule has 0 fully saturated rings. The Balaban J connectivity index is 1.98. The Kier molecular flexibility index (Phi) is 4.06. The molecule has 0 aliphatic heterocycles. The second-order valence-corrected chi connectivity index (χ2v) is 6.11. The van der Waals surface area contributed by atoms with Gasteiger partial charge in [-0.15, -0.1) is 10.2 Å². The van der Waals surface area contributed by atoms with Gasteiger partial charge in [-0.3, -0.25) is 4.79 Å². The maximum Gasteiger partial charge on any atom is 0.311 e. The quantitative estimate of drug-likeness (QED) is 0.513. The molecule has 0 unspecified atom stereocenters. The standard InChI is InChI=1S/C18H17FN6O2/c1-4-12-15(10-5-7-11(19)8-6-10)17-21-20-16-13(9-14(26)27-3)22-24(2)18(16)25(17)23-12/h5-8H,4,9H2,1-3H3. The van der Waals surface area contributed by atoms with Crippen LogP contribution in [0.3, 0.4) is 0 Å². The molecule has 0 bridgehead atoms. The molecule has 4 rings (SSSR count). The van der Waals surface area contributed by atoms with Crippen molar-refractivity contribution in [3.8, 4) is 11.1 Å². The van der Waals surface area contributed by atoms with E-state index in [0.29, 0.717) is 28.9 Å².